The third kappa shape index (κ3) is 21.2. The molecule has 604 valence electrons. The Morgan fingerprint density at radius 2 is 1.13 bits per heavy atom. The molecular weight excluding hydrogens is 1400 g/mol. The maximum Gasteiger partial charge on any atom is 0.393 e. The molecule has 13 atom stereocenters. The van der Waals surface area contributed by atoms with Crippen molar-refractivity contribution in [3.05, 3.63) is 0 Å². The summed E-state index contributed by atoms with van der Waals surface area (Å²) >= 11 is 6.48. The maximum absolute atomic E-state index is 16.0. The Morgan fingerprint density at radius 1 is 0.561 bits per heavy atom. The third-order valence-corrected chi connectivity index (χ3v) is 26.5. The van der Waals surface area contributed by atoms with Gasteiger partial charge in [0.05, 0.1) is 18.9 Å². The van der Waals surface area contributed by atoms with Crippen LogP contribution >= 0.6 is 11.6 Å². The van der Waals surface area contributed by atoms with Crippen LogP contribution in [-0.2, 0) is 57.5 Å². The molecule has 0 bridgehead atoms. The number of alkyl halides is 4. The SMILES string of the molecule is CC[C@H](C)[C@@H]1NC(=O)[C@H](CC(C)C)N(C)C(=O)C[C@@H](C(=O)N2CCCCC2)N(C)C(=O)[C@H](C2CCCC2)N(C)C(=O)C2(CCCC2)NC(=O)[C@@H](CC2CCCCC2)N(C)C(=O)[C@H](CCC2CCC(C(F)(F)F)C(Cl)C2)NC(=O)CN(C)C(=O)[C@H](CC2CCCCC2)N(C)C(=O)[C@@H]2CCN2C(=O)[C@H](C)N(C)C1=O. The van der Waals surface area contributed by atoms with Crippen molar-refractivity contribution < 1.29 is 70.7 Å². The lowest BCUT2D eigenvalue weighted by Crippen LogP contribution is -2.65. The number of likely N-dealkylation sites (tertiary alicyclic amines) is 1. The largest absolute Gasteiger partial charge is 0.393 e. The van der Waals surface area contributed by atoms with E-state index in [9.17, 15) is 32.3 Å². The van der Waals surface area contributed by atoms with Crippen LogP contribution in [0, 0.1) is 41.4 Å². The van der Waals surface area contributed by atoms with Gasteiger partial charge in [0.25, 0.3) is 0 Å². The quantitative estimate of drug-likeness (QED) is 0.147. The first-order valence-electron chi connectivity index (χ1n) is 40.7. The molecule has 5 aliphatic carbocycles. The molecule has 3 aliphatic heterocycles. The first-order valence-corrected chi connectivity index (χ1v) is 41.1. The first kappa shape index (κ1) is 86.3. The Hall–Kier alpha value is -6.28. The van der Waals surface area contributed by atoms with Crippen LogP contribution < -0.4 is 16.0 Å². The van der Waals surface area contributed by atoms with Crippen molar-refractivity contribution >= 4 is 82.5 Å². The summed E-state index contributed by atoms with van der Waals surface area (Å²) in [5, 5.41) is 7.85. The van der Waals surface area contributed by atoms with Crippen LogP contribution in [0.1, 0.15) is 240 Å². The summed E-state index contributed by atoms with van der Waals surface area (Å²) in [5.74, 6) is -10.3. The predicted octanol–water partition coefficient (Wildman–Crippen LogP) is 8.43. The fraction of sp³-hybridized carbons (Fsp3) is 0.848. The van der Waals surface area contributed by atoms with Gasteiger partial charge in [-0.25, -0.2) is 0 Å². The van der Waals surface area contributed by atoms with E-state index in [1.54, 1.807) is 25.8 Å². The lowest BCUT2D eigenvalue weighted by atomic mass is 9.78. The Labute approximate surface area is 638 Å². The topological polar surface area (TPSA) is 270 Å². The molecule has 3 heterocycles. The average Bonchev–Trinajstić information content (AvgIpc) is 1.76. The molecule has 5 saturated carbocycles. The number of nitrogens with zero attached hydrogens (tertiary/aromatic N) is 9. The van der Waals surface area contributed by atoms with Crippen LogP contribution in [0.3, 0.4) is 0 Å². The summed E-state index contributed by atoms with van der Waals surface area (Å²) in [7, 11) is 10.4. The van der Waals surface area contributed by atoms with Crippen molar-refractivity contribution in [3.63, 3.8) is 0 Å². The highest BCUT2D eigenvalue weighted by atomic mass is 35.5. The summed E-state index contributed by atoms with van der Waals surface area (Å²) < 4.78 is 42.5. The van der Waals surface area contributed by atoms with E-state index in [0.717, 1.165) is 83.5 Å². The summed E-state index contributed by atoms with van der Waals surface area (Å²) in [6.07, 6.45) is 11.2. The second kappa shape index (κ2) is 38.6. The van der Waals surface area contributed by atoms with E-state index in [1.807, 2.05) is 20.8 Å². The molecule has 0 aromatic heterocycles. The van der Waals surface area contributed by atoms with Gasteiger partial charge in [0, 0.05) is 74.3 Å². The van der Waals surface area contributed by atoms with Crippen molar-refractivity contribution in [3.8, 4) is 0 Å². The number of piperidine rings is 1. The highest BCUT2D eigenvalue weighted by molar-refractivity contribution is 6.21. The average molecular weight is 1530 g/mol. The number of amides is 12. The fourth-order valence-electron chi connectivity index (χ4n) is 18.6. The molecule has 0 radical (unpaired) electrons. The third-order valence-electron chi connectivity index (χ3n) is 26.0. The summed E-state index contributed by atoms with van der Waals surface area (Å²) in [5.41, 5.74) is -1.58. The molecule has 24 nitrogen and oxygen atoms in total. The predicted molar refractivity (Wildman–Crippen MR) is 400 cm³/mol. The highest BCUT2D eigenvalue weighted by Gasteiger charge is 2.53. The molecule has 8 fully saturated rings. The fourth-order valence-corrected chi connectivity index (χ4v) is 19.1. The van der Waals surface area contributed by atoms with Crippen LogP contribution in [-0.4, -0.2) is 262 Å². The molecule has 1 spiro atoms. The smallest absolute Gasteiger partial charge is 0.343 e. The molecule has 28 heteroatoms. The van der Waals surface area contributed by atoms with E-state index < -0.39 is 173 Å². The molecule has 0 aromatic carbocycles. The zero-order chi connectivity index (χ0) is 78.5. The number of hydrogen-bond acceptors (Lipinski definition) is 12. The minimum absolute atomic E-state index is 0.00120. The van der Waals surface area contributed by atoms with Gasteiger partial charge in [0.1, 0.15) is 59.9 Å². The van der Waals surface area contributed by atoms with E-state index in [2.05, 4.69) is 16.0 Å². The van der Waals surface area contributed by atoms with Gasteiger partial charge in [-0.15, -0.1) is 11.6 Å². The van der Waals surface area contributed by atoms with Gasteiger partial charge in [0.15, 0.2) is 0 Å². The Morgan fingerprint density at radius 3 is 1.68 bits per heavy atom. The van der Waals surface area contributed by atoms with E-state index in [-0.39, 0.29) is 101 Å². The molecule has 8 rings (SSSR count). The molecule has 3 N–H and O–H groups in total. The standard InChI is InChI=1S/C79H128ClF3N12O12/c1-13-50(4)66-75(105)88(7)51(5)70(100)95-42-37-59(95)73(103)91(10)62(46-53-29-19-15-20-30-53)72(102)87(6)48-64(96)84-58(36-34-54-33-35-56(57(80)44-54)79(81,82)83)71(101)90(9)61(45-52-27-17-14-18-28-52)69(99)86-78(38-23-24-39-78)77(107)93(12)67(55-31-21-22-32-55)76(106)92(11)63(74(104)94-40-25-16-26-41-94)47-65(97)89(8)60(43-49(2)3)68(98)85-66/h49-63,66-67H,13-48H2,1-12H3,(H,84,96)(H,85,98)(H,86,99)/t50-,51-,54?,56?,57?,58-,59-,60-,61+,62-,63-,66-,67-/m0/s1. The van der Waals surface area contributed by atoms with Crippen molar-refractivity contribution in [2.24, 2.45) is 41.4 Å². The van der Waals surface area contributed by atoms with Crippen LogP contribution in [0.5, 0.6) is 0 Å². The van der Waals surface area contributed by atoms with E-state index in [1.165, 1.54) is 81.5 Å². The highest BCUT2D eigenvalue weighted by Crippen LogP contribution is 2.44. The molecule has 3 saturated heterocycles. The number of likely N-dealkylation sites (N-methyl/N-ethyl adjacent to an activating group) is 7. The molecular formula is C79H128ClF3N12O12. The van der Waals surface area contributed by atoms with Crippen molar-refractivity contribution in [1.29, 1.82) is 0 Å². The van der Waals surface area contributed by atoms with Gasteiger partial charge in [-0.3, -0.25) is 57.5 Å². The molecule has 0 aromatic rings. The van der Waals surface area contributed by atoms with Crippen LogP contribution in [0.2, 0.25) is 0 Å². The number of carbonyl (C=O) groups excluding carboxylic acids is 12. The summed E-state index contributed by atoms with van der Waals surface area (Å²) in [6, 6.07) is -10.8. The van der Waals surface area contributed by atoms with Crippen molar-refractivity contribution in [1.82, 2.24) is 60.0 Å². The Bertz CT molecular complexity index is 3120. The van der Waals surface area contributed by atoms with E-state index in [0.29, 0.717) is 58.0 Å². The van der Waals surface area contributed by atoms with Gasteiger partial charge in [-0.05, 0) is 145 Å². The second-order valence-corrected chi connectivity index (χ2v) is 34.4. The van der Waals surface area contributed by atoms with E-state index >= 15 is 38.4 Å². The first-order chi connectivity index (χ1) is 50.6. The number of fused-ring (bicyclic) bond motifs is 1. The molecule has 107 heavy (non-hydrogen) atoms. The molecule has 3 unspecified atom stereocenters. The van der Waals surface area contributed by atoms with Gasteiger partial charge >= 0.3 is 6.18 Å². The zero-order valence-electron chi connectivity index (χ0n) is 66.2. The number of halogens is 4. The lowest BCUT2D eigenvalue weighted by Gasteiger charge is -2.45. The Kier molecular flexibility index (Phi) is 31.1. The van der Waals surface area contributed by atoms with Gasteiger partial charge in [-0.1, -0.05) is 124 Å². The minimum atomic E-state index is -4.51. The normalized spacial score (nSPS) is 31.1. The van der Waals surface area contributed by atoms with Crippen LogP contribution in [0.4, 0.5) is 13.2 Å². The zero-order valence-corrected chi connectivity index (χ0v) is 67.0. The molecule has 8 aliphatic rings. The second-order valence-electron chi connectivity index (χ2n) is 33.9. The lowest BCUT2D eigenvalue weighted by molar-refractivity contribution is -0.182. The minimum Gasteiger partial charge on any atom is -0.343 e. The Balaban J connectivity index is 1.20. The van der Waals surface area contributed by atoms with Gasteiger partial charge < -0.3 is 60.0 Å². The van der Waals surface area contributed by atoms with Gasteiger partial charge in [0.2, 0.25) is 70.9 Å². The summed E-state index contributed by atoms with van der Waals surface area (Å²) in [4.78, 5) is 196. The van der Waals surface area contributed by atoms with Crippen molar-refractivity contribution in [2.45, 2.75) is 312 Å². The number of nitrogens with one attached hydrogen (secondary N) is 3. The van der Waals surface area contributed by atoms with E-state index in [4.69, 9.17) is 11.6 Å². The molecule has 12 amide bonds. The van der Waals surface area contributed by atoms with Crippen LogP contribution in [0.25, 0.3) is 0 Å². The van der Waals surface area contributed by atoms with Crippen LogP contribution in [0.15, 0.2) is 0 Å². The van der Waals surface area contributed by atoms with Crippen molar-refractivity contribution in [2.75, 3.05) is 75.5 Å². The monoisotopic (exact) mass is 1530 g/mol. The number of rotatable bonds is 13. The summed E-state index contributed by atoms with van der Waals surface area (Å²) in [6.45, 7) is 9.30. The number of hydrogen-bond donors (Lipinski definition) is 3. The van der Waals surface area contributed by atoms with Gasteiger partial charge in [-0.2, -0.15) is 13.2 Å². The maximum atomic E-state index is 16.0. The number of carbonyl (C=O) groups is 12.